The van der Waals surface area contributed by atoms with E-state index in [1.54, 1.807) is 6.92 Å². The number of hydrogen-bond acceptors (Lipinski definition) is 4. The number of hydrogen-bond donors (Lipinski definition) is 2. The molecule has 1 heterocycles. The molecule has 3 N–H and O–H groups in total. The normalized spacial score (nSPS) is 17.7. The van der Waals surface area contributed by atoms with Gasteiger partial charge in [0, 0.05) is 36.8 Å². The summed E-state index contributed by atoms with van der Waals surface area (Å²) >= 11 is 2.04. The van der Waals surface area contributed by atoms with Gasteiger partial charge in [-0.2, -0.15) is 11.8 Å². The lowest BCUT2D eigenvalue weighted by Gasteiger charge is -2.26. The highest BCUT2D eigenvalue weighted by Crippen LogP contribution is 2.13. The van der Waals surface area contributed by atoms with Crippen LogP contribution in [0.4, 0.5) is 5.69 Å². The highest BCUT2D eigenvalue weighted by atomic mass is 32.2. The first-order chi connectivity index (χ1) is 9.65. The van der Waals surface area contributed by atoms with Gasteiger partial charge in [0.05, 0.1) is 6.04 Å². The van der Waals surface area contributed by atoms with Gasteiger partial charge in [-0.15, -0.1) is 0 Å². The highest BCUT2D eigenvalue weighted by Gasteiger charge is 2.10. The van der Waals surface area contributed by atoms with Gasteiger partial charge in [0.15, 0.2) is 0 Å². The van der Waals surface area contributed by atoms with Gasteiger partial charge in [-0.3, -0.25) is 4.79 Å². The first-order valence-electron chi connectivity index (χ1n) is 7.10. The molecule has 1 aromatic carbocycles. The van der Waals surface area contributed by atoms with E-state index in [1.165, 1.54) is 30.2 Å². The Bertz CT molecular complexity index is 427. The van der Waals surface area contributed by atoms with E-state index in [0.29, 0.717) is 0 Å². The number of rotatable bonds is 5. The van der Waals surface area contributed by atoms with Crippen LogP contribution in [-0.4, -0.2) is 48.0 Å². The van der Waals surface area contributed by atoms with E-state index < -0.39 is 6.04 Å². The number of nitrogens with one attached hydrogen (secondary N) is 1. The average Bonchev–Trinajstić information content (AvgIpc) is 2.47. The second-order valence-electron chi connectivity index (χ2n) is 5.18. The van der Waals surface area contributed by atoms with Crippen molar-refractivity contribution in [3.63, 3.8) is 0 Å². The van der Waals surface area contributed by atoms with Crippen LogP contribution in [0.15, 0.2) is 24.3 Å². The van der Waals surface area contributed by atoms with E-state index in [0.717, 1.165) is 18.7 Å². The molecule has 0 aliphatic carbocycles. The second-order valence-corrected chi connectivity index (χ2v) is 6.40. The van der Waals surface area contributed by atoms with Crippen molar-refractivity contribution in [2.75, 3.05) is 36.5 Å². The van der Waals surface area contributed by atoms with Gasteiger partial charge in [0.1, 0.15) is 0 Å². The Labute approximate surface area is 125 Å². The monoisotopic (exact) mass is 293 g/mol. The molecule has 2 rings (SSSR count). The van der Waals surface area contributed by atoms with E-state index in [9.17, 15) is 4.79 Å². The third-order valence-corrected chi connectivity index (χ3v) is 4.40. The largest absolute Gasteiger partial charge is 0.325 e. The molecule has 20 heavy (non-hydrogen) atoms. The minimum atomic E-state index is -0.480. The molecule has 1 amide bonds. The Kier molecular flexibility index (Phi) is 5.88. The first-order valence-corrected chi connectivity index (χ1v) is 8.26. The summed E-state index contributed by atoms with van der Waals surface area (Å²) in [5.74, 6) is 2.35. The van der Waals surface area contributed by atoms with Gasteiger partial charge in [-0.1, -0.05) is 12.1 Å². The predicted molar refractivity (Wildman–Crippen MR) is 86.2 cm³/mol. The zero-order valence-electron chi connectivity index (χ0n) is 12.0. The van der Waals surface area contributed by atoms with Gasteiger partial charge in [0.2, 0.25) is 5.91 Å². The third kappa shape index (κ3) is 4.81. The van der Waals surface area contributed by atoms with Crippen molar-refractivity contribution >= 4 is 23.4 Å². The fourth-order valence-corrected chi connectivity index (χ4v) is 3.10. The summed E-state index contributed by atoms with van der Waals surface area (Å²) in [5.41, 5.74) is 7.64. The van der Waals surface area contributed by atoms with E-state index in [4.69, 9.17) is 5.73 Å². The molecule has 1 aliphatic heterocycles. The number of amides is 1. The summed E-state index contributed by atoms with van der Waals surface area (Å²) in [6, 6.07) is 7.57. The number of benzene rings is 1. The van der Waals surface area contributed by atoms with Crippen molar-refractivity contribution in [1.29, 1.82) is 0 Å². The van der Waals surface area contributed by atoms with E-state index in [1.807, 2.05) is 23.9 Å². The maximum absolute atomic E-state index is 11.5. The van der Waals surface area contributed by atoms with Crippen LogP contribution in [0.2, 0.25) is 0 Å². The van der Waals surface area contributed by atoms with Crippen LogP contribution in [0.5, 0.6) is 0 Å². The van der Waals surface area contributed by atoms with Gasteiger partial charge < -0.3 is 16.0 Å². The molecule has 1 aromatic rings. The molecular formula is C15H23N3OS. The fourth-order valence-electron chi connectivity index (χ4n) is 2.12. The summed E-state index contributed by atoms with van der Waals surface area (Å²) in [6.07, 6.45) is 1.06. The lowest BCUT2D eigenvalue weighted by Crippen LogP contribution is -2.34. The average molecular weight is 293 g/mol. The quantitative estimate of drug-likeness (QED) is 0.865. The summed E-state index contributed by atoms with van der Waals surface area (Å²) in [5, 5.41) is 2.80. The summed E-state index contributed by atoms with van der Waals surface area (Å²) in [4.78, 5) is 14.0. The molecule has 0 saturated carbocycles. The minimum Gasteiger partial charge on any atom is -0.325 e. The number of nitrogens with zero attached hydrogens (tertiary/aromatic N) is 1. The van der Waals surface area contributed by atoms with Crippen molar-refractivity contribution in [3.05, 3.63) is 29.8 Å². The highest BCUT2D eigenvalue weighted by molar-refractivity contribution is 7.99. The van der Waals surface area contributed by atoms with Gasteiger partial charge in [0.25, 0.3) is 0 Å². The van der Waals surface area contributed by atoms with E-state index >= 15 is 0 Å². The number of thioether (sulfide) groups is 1. The number of carbonyl (C=O) groups is 1. The number of anilines is 1. The maximum Gasteiger partial charge on any atom is 0.240 e. The summed E-state index contributed by atoms with van der Waals surface area (Å²) in [6.45, 7) is 5.20. The molecule has 1 saturated heterocycles. The second kappa shape index (κ2) is 7.67. The zero-order chi connectivity index (χ0) is 14.4. The molecule has 5 heteroatoms. The van der Waals surface area contributed by atoms with Crippen LogP contribution < -0.4 is 11.1 Å². The molecule has 0 unspecified atom stereocenters. The van der Waals surface area contributed by atoms with Crippen LogP contribution in [0.1, 0.15) is 12.5 Å². The molecular weight excluding hydrogens is 270 g/mol. The van der Waals surface area contributed by atoms with Crippen molar-refractivity contribution in [2.24, 2.45) is 5.73 Å². The predicted octanol–water partition coefficient (Wildman–Crippen LogP) is 1.56. The maximum atomic E-state index is 11.5. The molecule has 1 fully saturated rings. The zero-order valence-corrected chi connectivity index (χ0v) is 12.8. The molecule has 0 radical (unpaired) electrons. The van der Waals surface area contributed by atoms with E-state index in [-0.39, 0.29) is 5.91 Å². The van der Waals surface area contributed by atoms with Crippen molar-refractivity contribution in [2.45, 2.75) is 19.4 Å². The Morgan fingerprint density at radius 1 is 1.35 bits per heavy atom. The smallest absolute Gasteiger partial charge is 0.240 e. The molecule has 0 aromatic heterocycles. The minimum absolute atomic E-state index is 0.149. The molecule has 110 valence electrons. The van der Waals surface area contributed by atoms with Crippen LogP contribution in [0, 0.1) is 0 Å². The van der Waals surface area contributed by atoms with Crippen LogP contribution in [0.25, 0.3) is 0 Å². The lowest BCUT2D eigenvalue weighted by molar-refractivity contribution is -0.117. The fraction of sp³-hybridized carbons (Fsp3) is 0.533. The molecule has 4 nitrogen and oxygen atoms in total. The molecule has 0 bridgehead atoms. The van der Waals surface area contributed by atoms with Crippen LogP contribution in [0.3, 0.4) is 0 Å². The van der Waals surface area contributed by atoms with Crippen molar-refractivity contribution < 1.29 is 4.79 Å². The van der Waals surface area contributed by atoms with Crippen molar-refractivity contribution in [3.8, 4) is 0 Å². The topological polar surface area (TPSA) is 58.4 Å². The Morgan fingerprint density at radius 3 is 2.60 bits per heavy atom. The number of carbonyl (C=O) groups excluding carboxylic acids is 1. The summed E-state index contributed by atoms with van der Waals surface area (Å²) in [7, 11) is 0. The Balaban J connectivity index is 1.80. The van der Waals surface area contributed by atoms with Crippen LogP contribution in [-0.2, 0) is 11.2 Å². The van der Waals surface area contributed by atoms with Crippen molar-refractivity contribution in [1.82, 2.24) is 4.90 Å². The number of nitrogens with two attached hydrogens (primary N) is 1. The molecule has 0 spiro atoms. The van der Waals surface area contributed by atoms with Gasteiger partial charge >= 0.3 is 0 Å². The van der Waals surface area contributed by atoms with Gasteiger partial charge in [-0.05, 0) is 31.0 Å². The Hall–Kier alpha value is -1.04. The third-order valence-electron chi connectivity index (χ3n) is 3.46. The van der Waals surface area contributed by atoms with Crippen LogP contribution >= 0.6 is 11.8 Å². The Morgan fingerprint density at radius 2 is 2.00 bits per heavy atom. The lowest BCUT2D eigenvalue weighted by atomic mass is 10.1. The molecule has 1 atom stereocenters. The van der Waals surface area contributed by atoms with E-state index in [2.05, 4.69) is 22.3 Å². The standard InChI is InChI=1S/C15H23N3OS/c1-12(16)15(19)17-14-4-2-13(3-5-14)6-7-18-8-10-20-11-9-18/h2-5,12H,6-11,16H2,1H3,(H,17,19)/t12-/m1/s1. The van der Waals surface area contributed by atoms with Gasteiger partial charge in [-0.25, -0.2) is 0 Å². The SMILES string of the molecule is C[C@@H](N)C(=O)Nc1ccc(CCN2CCSCC2)cc1. The molecule has 1 aliphatic rings. The summed E-state index contributed by atoms with van der Waals surface area (Å²) < 4.78 is 0. The first kappa shape index (κ1) is 15.4.